The van der Waals surface area contributed by atoms with Crippen LogP contribution in [0.4, 0.5) is 0 Å². The van der Waals surface area contributed by atoms with E-state index in [1.807, 2.05) is 47.1 Å². The van der Waals surface area contributed by atoms with E-state index in [2.05, 4.69) is 50.2 Å². The van der Waals surface area contributed by atoms with Gasteiger partial charge in [0, 0.05) is 18.6 Å². The average molecular weight is 380 g/mol. The maximum atomic E-state index is 5.89. The van der Waals surface area contributed by atoms with Crippen LogP contribution >= 0.6 is 15.9 Å². The second-order valence-corrected chi connectivity index (χ2v) is 6.21. The normalized spacial score (nSPS) is 10.9. The number of imidazole rings is 1. The predicted molar refractivity (Wildman–Crippen MR) is 96.9 cm³/mol. The molecule has 24 heavy (non-hydrogen) atoms. The first-order chi connectivity index (χ1) is 11.8. The van der Waals surface area contributed by atoms with Crippen LogP contribution in [0.3, 0.4) is 0 Å². The minimum Gasteiger partial charge on any atom is -0.486 e. The molecule has 0 radical (unpaired) electrons. The van der Waals surface area contributed by atoms with Crippen molar-refractivity contribution in [3.05, 3.63) is 83.4 Å². The fourth-order valence-electron chi connectivity index (χ4n) is 2.53. The Morgan fingerprint density at radius 3 is 2.67 bits per heavy atom. The van der Waals surface area contributed by atoms with Crippen LogP contribution in [0.15, 0.2) is 77.7 Å². The zero-order chi connectivity index (χ0) is 16.4. The fourth-order valence-corrected chi connectivity index (χ4v) is 3.02. The van der Waals surface area contributed by atoms with Gasteiger partial charge >= 0.3 is 0 Å². The Hall–Kier alpha value is -2.66. The molecule has 0 bridgehead atoms. The van der Waals surface area contributed by atoms with Gasteiger partial charge in [0.2, 0.25) is 5.78 Å². The lowest BCUT2D eigenvalue weighted by Gasteiger charge is -2.09. The molecule has 0 atom stereocenters. The van der Waals surface area contributed by atoms with Gasteiger partial charge < -0.3 is 4.74 Å². The summed E-state index contributed by atoms with van der Waals surface area (Å²) in [5.74, 6) is 1.47. The van der Waals surface area contributed by atoms with E-state index in [1.165, 1.54) is 5.56 Å². The molecule has 5 heteroatoms. The SMILES string of the molecule is Brc1cc(-c2ccccc2)ccc1OCc1cn2cccnc2n1. The summed E-state index contributed by atoms with van der Waals surface area (Å²) >= 11 is 3.59. The van der Waals surface area contributed by atoms with E-state index in [-0.39, 0.29) is 0 Å². The molecule has 0 aliphatic heterocycles. The molecule has 2 aromatic carbocycles. The third kappa shape index (κ3) is 3.03. The van der Waals surface area contributed by atoms with Crippen LogP contribution < -0.4 is 4.74 Å². The van der Waals surface area contributed by atoms with E-state index in [1.54, 1.807) is 6.20 Å². The van der Waals surface area contributed by atoms with Crippen LogP contribution in [-0.4, -0.2) is 14.4 Å². The zero-order valence-electron chi connectivity index (χ0n) is 12.8. The molecular formula is C19H14BrN3O. The van der Waals surface area contributed by atoms with E-state index in [0.29, 0.717) is 12.4 Å². The summed E-state index contributed by atoms with van der Waals surface area (Å²) in [5, 5.41) is 0. The molecule has 0 fully saturated rings. The Labute approximate surface area is 147 Å². The summed E-state index contributed by atoms with van der Waals surface area (Å²) in [6.45, 7) is 0.395. The molecule has 118 valence electrons. The lowest BCUT2D eigenvalue weighted by Crippen LogP contribution is -1.96. The fraction of sp³-hybridized carbons (Fsp3) is 0.0526. The summed E-state index contributed by atoms with van der Waals surface area (Å²) in [6.07, 6.45) is 5.57. The van der Waals surface area contributed by atoms with Gasteiger partial charge in [-0.25, -0.2) is 9.97 Å². The number of rotatable bonds is 4. The van der Waals surface area contributed by atoms with E-state index < -0.39 is 0 Å². The zero-order valence-corrected chi connectivity index (χ0v) is 14.3. The highest BCUT2D eigenvalue weighted by Gasteiger charge is 2.07. The molecule has 0 amide bonds. The molecule has 4 rings (SSSR count). The number of fused-ring (bicyclic) bond motifs is 1. The first kappa shape index (κ1) is 14.9. The summed E-state index contributed by atoms with van der Waals surface area (Å²) in [6, 6.07) is 18.2. The number of halogens is 1. The third-order valence-electron chi connectivity index (χ3n) is 3.70. The van der Waals surface area contributed by atoms with E-state index in [0.717, 1.165) is 21.5 Å². The standard InChI is InChI=1S/C19H14BrN3O/c20-17-11-15(14-5-2-1-3-6-14)7-8-18(17)24-13-16-12-23-10-4-9-21-19(23)22-16/h1-12H,13H2. The van der Waals surface area contributed by atoms with Crippen LogP contribution in [0.2, 0.25) is 0 Å². The van der Waals surface area contributed by atoms with Crippen molar-refractivity contribution in [3.63, 3.8) is 0 Å². The van der Waals surface area contributed by atoms with Crippen molar-refractivity contribution in [1.82, 2.24) is 14.4 Å². The molecule has 0 unspecified atom stereocenters. The Morgan fingerprint density at radius 2 is 1.88 bits per heavy atom. The number of hydrogen-bond donors (Lipinski definition) is 0. The first-order valence-corrected chi connectivity index (χ1v) is 8.35. The highest BCUT2D eigenvalue weighted by Crippen LogP contribution is 2.31. The summed E-state index contributed by atoms with van der Waals surface area (Å²) in [7, 11) is 0. The van der Waals surface area contributed by atoms with Gasteiger partial charge in [0.25, 0.3) is 0 Å². The van der Waals surface area contributed by atoms with E-state index in [9.17, 15) is 0 Å². The number of ether oxygens (including phenoxy) is 1. The monoisotopic (exact) mass is 379 g/mol. The molecule has 0 spiro atoms. The van der Waals surface area contributed by atoms with Crippen molar-refractivity contribution in [1.29, 1.82) is 0 Å². The highest BCUT2D eigenvalue weighted by atomic mass is 79.9. The molecule has 0 saturated heterocycles. The third-order valence-corrected chi connectivity index (χ3v) is 4.32. The topological polar surface area (TPSA) is 39.4 Å². The molecule has 0 N–H and O–H groups in total. The van der Waals surface area contributed by atoms with Crippen molar-refractivity contribution in [2.75, 3.05) is 0 Å². The van der Waals surface area contributed by atoms with Crippen molar-refractivity contribution in [3.8, 4) is 16.9 Å². The summed E-state index contributed by atoms with van der Waals surface area (Å²) < 4.78 is 8.70. The predicted octanol–water partition coefficient (Wildman–Crippen LogP) is 4.74. The Morgan fingerprint density at radius 1 is 1.00 bits per heavy atom. The average Bonchev–Trinajstić information content (AvgIpc) is 3.04. The molecule has 2 heterocycles. The van der Waals surface area contributed by atoms with Gasteiger partial charge in [0.05, 0.1) is 10.2 Å². The Kier molecular flexibility index (Phi) is 4.01. The van der Waals surface area contributed by atoms with Crippen molar-refractivity contribution in [2.24, 2.45) is 0 Å². The second-order valence-electron chi connectivity index (χ2n) is 5.36. The van der Waals surface area contributed by atoms with Crippen molar-refractivity contribution < 1.29 is 4.74 Å². The summed E-state index contributed by atoms with van der Waals surface area (Å²) in [5.41, 5.74) is 3.16. The molecule has 0 aliphatic rings. The largest absolute Gasteiger partial charge is 0.486 e. The Balaban J connectivity index is 1.52. The van der Waals surface area contributed by atoms with Crippen molar-refractivity contribution in [2.45, 2.75) is 6.61 Å². The van der Waals surface area contributed by atoms with Gasteiger partial charge in [0.1, 0.15) is 12.4 Å². The van der Waals surface area contributed by atoms with Gasteiger partial charge in [-0.15, -0.1) is 0 Å². The molecule has 4 nitrogen and oxygen atoms in total. The van der Waals surface area contributed by atoms with Gasteiger partial charge in [-0.2, -0.15) is 0 Å². The quantitative estimate of drug-likeness (QED) is 0.514. The van der Waals surface area contributed by atoms with E-state index >= 15 is 0 Å². The highest BCUT2D eigenvalue weighted by molar-refractivity contribution is 9.10. The van der Waals surface area contributed by atoms with Crippen LogP contribution in [0.1, 0.15) is 5.69 Å². The lowest BCUT2D eigenvalue weighted by molar-refractivity contribution is 0.300. The smallest absolute Gasteiger partial charge is 0.234 e. The summed E-state index contributed by atoms with van der Waals surface area (Å²) in [4.78, 5) is 8.64. The molecule has 2 aromatic heterocycles. The minimum atomic E-state index is 0.395. The molecular weight excluding hydrogens is 366 g/mol. The minimum absolute atomic E-state index is 0.395. The van der Waals surface area contributed by atoms with Crippen LogP contribution in [0.5, 0.6) is 5.75 Å². The molecule has 4 aromatic rings. The molecule has 0 saturated carbocycles. The van der Waals surface area contributed by atoms with Crippen molar-refractivity contribution >= 4 is 21.7 Å². The van der Waals surface area contributed by atoms with Gasteiger partial charge in [0.15, 0.2) is 0 Å². The van der Waals surface area contributed by atoms with E-state index in [4.69, 9.17) is 4.74 Å². The maximum Gasteiger partial charge on any atom is 0.234 e. The van der Waals surface area contributed by atoms with Gasteiger partial charge in [-0.05, 0) is 45.3 Å². The second kappa shape index (κ2) is 6.45. The van der Waals surface area contributed by atoms with Gasteiger partial charge in [-0.3, -0.25) is 4.40 Å². The number of hydrogen-bond acceptors (Lipinski definition) is 3. The Bertz CT molecular complexity index is 949. The van der Waals surface area contributed by atoms with Crippen LogP contribution in [0, 0.1) is 0 Å². The molecule has 0 aliphatic carbocycles. The number of aromatic nitrogens is 3. The maximum absolute atomic E-state index is 5.89. The van der Waals surface area contributed by atoms with Crippen LogP contribution in [-0.2, 0) is 6.61 Å². The lowest BCUT2D eigenvalue weighted by atomic mass is 10.1. The van der Waals surface area contributed by atoms with Gasteiger partial charge in [-0.1, -0.05) is 36.4 Å². The first-order valence-electron chi connectivity index (χ1n) is 7.56. The number of nitrogens with zero attached hydrogens (tertiary/aromatic N) is 3. The van der Waals surface area contributed by atoms with Crippen LogP contribution in [0.25, 0.3) is 16.9 Å². The number of benzene rings is 2.